The number of amides is 1. The van der Waals surface area contributed by atoms with Crippen LogP contribution in [0.5, 0.6) is 0 Å². The van der Waals surface area contributed by atoms with E-state index in [1.54, 1.807) is 25.1 Å². The van der Waals surface area contributed by atoms with Crippen molar-refractivity contribution in [2.75, 3.05) is 6.54 Å². The molecule has 0 spiro atoms. The van der Waals surface area contributed by atoms with Gasteiger partial charge in [-0.3, -0.25) is 4.79 Å². The number of benzene rings is 1. The predicted molar refractivity (Wildman–Crippen MR) is 88.9 cm³/mol. The van der Waals surface area contributed by atoms with Gasteiger partial charge in [-0.1, -0.05) is 6.07 Å². The number of aryl methyl sites for hydroxylation is 1. The molecule has 0 atom stereocenters. The molecule has 1 N–H and O–H groups in total. The molecule has 1 aliphatic rings. The van der Waals surface area contributed by atoms with Crippen molar-refractivity contribution in [3.8, 4) is 11.4 Å². The fourth-order valence-corrected chi connectivity index (χ4v) is 3.18. The van der Waals surface area contributed by atoms with E-state index >= 15 is 0 Å². The molecule has 2 aromatic heterocycles. The lowest BCUT2D eigenvalue weighted by Gasteiger charge is -2.28. The second-order valence-corrected chi connectivity index (χ2v) is 6.56. The second-order valence-electron chi connectivity index (χ2n) is 6.08. The number of H-pyrrole nitrogens is 1. The number of hydrogen-bond donors (Lipinski definition) is 1. The van der Waals surface area contributed by atoms with Crippen LogP contribution in [0.25, 0.3) is 11.4 Å². The summed E-state index contributed by atoms with van der Waals surface area (Å²) < 4.78 is 27.9. The van der Waals surface area contributed by atoms with E-state index in [0.717, 1.165) is 11.1 Å². The Kier molecular flexibility index (Phi) is 4.10. The van der Waals surface area contributed by atoms with E-state index in [4.69, 9.17) is 11.6 Å². The molecule has 4 rings (SSSR count). The van der Waals surface area contributed by atoms with Crippen LogP contribution < -0.4 is 0 Å². The molecule has 0 unspecified atom stereocenters. The average molecular weight is 395 g/mol. The van der Waals surface area contributed by atoms with Crippen molar-refractivity contribution in [2.24, 2.45) is 0 Å². The standard InChI is InChI=1S/C15H13ClF2N8O/c1-8-6-9(12-20-23-24-21-12)2-3-10(8)13(27)25-4-5-26-11(7-25)19-22-14(26)15(16,17)18/h2-3,6H,4-5,7H2,1H3,(H,20,21,23,24). The number of carbonyl (C=O) groups is 1. The van der Waals surface area contributed by atoms with Crippen molar-refractivity contribution in [1.29, 1.82) is 0 Å². The molecule has 27 heavy (non-hydrogen) atoms. The Morgan fingerprint density at radius 3 is 2.74 bits per heavy atom. The van der Waals surface area contributed by atoms with Gasteiger partial charge in [0.2, 0.25) is 11.6 Å². The van der Waals surface area contributed by atoms with Gasteiger partial charge in [0.25, 0.3) is 5.91 Å². The quantitative estimate of drug-likeness (QED) is 0.678. The molecule has 0 bridgehead atoms. The van der Waals surface area contributed by atoms with Crippen molar-refractivity contribution in [1.82, 2.24) is 40.3 Å². The van der Waals surface area contributed by atoms with Crippen LogP contribution in [0.4, 0.5) is 8.78 Å². The maximum absolute atomic E-state index is 13.3. The Hall–Kier alpha value is -2.95. The molecular formula is C15H13ClF2N8O. The summed E-state index contributed by atoms with van der Waals surface area (Å²) in [6.45, 7) is 2.27. The highest BCUT2D eigenvalue weighted by atomic mass is 35.5. The van der Waals surface area contributed by atoms with Crippen LogP contribution in [0, 0.1) is 6.92 Å². The van der Waals surface area contributed by atoms with Crippen molar-refractivity contribution < 1.29 is 13.6 Å². The van der Waals surface area contributed by atoms with E-state index in [2.05, 4.69) is 30.8 Å². The zero-order valence-corrected chi connectivity index (χ0v) is 14.8. The summed E-state index contributed by atoms with van der Waals surface area (Å²) in [5.41, 5.74) is 1.96. The number of nitrogens with zero attached hydrogens (tertiary/aromatic N) is 7. The molecule has 0 fully saturated rings. The lowest BCUT2D eigenvalue weighted by molar-refractivity contribution is 0.0661. The number of tetrazole rings is 1. The number of aromatic nitrogens is 7. The first-order valence-electron chi connectivity index (χ1n) is 7.97. The Morgan fingerprint density at radius 2 is 2.07 bits per heavy atom. The van der Waals surface area contributed by atoms with Crippen molar-refractivity contribution in [2.45, 2.75) is 25.4 Å². The van der Waals surface area contributed by atoms with Crippen LogP contribution in [0.15, 0.2) is 18.2 Å². The van der Waals surface area contributed by atoms with E-state index < -0.39 is 11.2 Å². The van der Waals surface area contributed by atoms with E-state index in [0.29, 0.717) is 11.4 Å². The van der Waals surface area contributed by atoms with Gasteiger partial charge in [-0.15, -0.1) is 20.4 Å². The highest BCUT2D eigenvalue weighted by Crippen LogP contribution is 2.32. The lowest BCUT2D eigenvalue weighted by Crippen LogP contribution is -2.39. The summed E-state index contributed by atoms with van der Waals surface area (Å²) in [5.74, 6) is -0.129. The van der Waals surface area contributed by atoms with E-state index in [1.807, 2.05) is 0 Å². The topological polar surface area (TPSA) is 105 Å². The first kappa shape index (κ1) is 17.5. The molecule has 140 valence electrons. The Labute approximate surface area is 156 Å². The molecule has 3 aromatic rings. The number of hydrogen-bond acceptors (Lipinski definition) is 6. The van der Waals surface area contributed by atoms with Crippen molar-refractivity contribution in [3.63, 3.8) is 0 Å². The molecule has 1 aromatic carbocycles. The molecule has 0 saturated carbocycles. The van der Waals surface area contributed by atoms with Gasteiger partial charge in [-0.25, -0.2) is 0 Å². The largest absolute Gasteiger partial charge is 0.381 e. The fourth-order valence-electron chi connectivity index (χ4n) is 3.04. The second kappa shape index (κ2) is 6.34. The average Bonchev–Trinajstić information content (AvgIpc) is 3.29. The molecule has 0 radical (unpaired) electrons. The van der Waals surface area contributed by atoms with Gasteiger partial charge < -0.3 is 9.47 Å². The van der Waals surface area contributed by atoms with E-state index in [-0.39, 0.29) is 31.4 Å². The Bertz CT molecular complexity index is 998. The SMILES string of the molecule is Cc1cc(-c2nn[nH]n2)ccc1C(=O)N1CCn2c(nnc2C(F)(F)Cl)C1. The molecule has 12 heteroatoms. The van der Waals surface area contributed by atoms with E-state index in [9.17, 15) is 13.6 Å². The van der Waals surface area contributed by atoms with Crippen LogP contribution in [-0.4, -0.2) is 52.7 Å². The third-order valence-electron chi connectivity index (χ3n) is 4.35. The number of nitrogens with one attached hydrogen (secondary N) is 1. The summed E-state index contributed by atoms with van der Waals surface area (Å²) in [7, 11) is 0. The summed E-state index contributed by atoms with van der Waals surface area (Å²) in [6.07, 6.45) is 0. The molecule has 1 amide bonds. The van der Waals surface area contributed by atoms with Gasteiger partial charge >= 0.3 is 5.38 Å². The number of fused-ring (bicyclic) bond motifs is 1. The number of aromatic amines is 1. The number of rotatable bonds is 3. The minimum absolute atomic E-state index is 0.0742. The zero-order chi connectivity index (χ0) is 19.2. The lowest BCUT2D eigenvalue weighted by atomic mass is 10.0. The molecule has 1 aliphatic heterocycles. The summed E-state index contributed by atoms with van der Waals surface area (Å²) in [4.78, 5) is 14.4. The maximum Gasteiger partial charge on any atom is 0.381 e. The summed E-state index contributed by atoms with van der Waals surface area (Å²) >= 11 is 5.06. The Balaban J connectivity index is 1.57. The minimum atomic E-state index is -3.60. The van der Waals surface area contributed by atoms with Crippen LogP contribution in [0.3, 0.4) is 0 Å². The van der Waals surface area contributed by atoms with Crippen LogP contribution in [0.2, 0.25) is 0 Å². The van der Waals surface area contributed by atoms with Crippen LogP contribution >= 0.6 is 11.6 Å². The zero-order valence-electron chi connectivity index (χ0n) is 14.0. The van der Waals surface area contributed by atoms with Crippen molar-refractivity contribution >= 4 is 17.5 Å². The van der Waals surface area contributed by atoms with Crippen molar-refractivity contribution in [3.05, 3.63) is 41.0 Å². The maximum atomic E-state index is 13.3. The third kappa shape index (κ3) is 3.14. The Morgan fingerprint density at radius 1 is 1.26 bits per heavy atom. The van der Waals surface area contributed by atoms with Gasteiger partial charge in [0.1, 0.15) is 0 Å². The first-order valence-corrected chi connectivity index (χ1v) is 8.35. The summed E-state index contributed by atoms with van der Waals surface area (Å²) in [6, 6.07) is 5.20. The fraction of sp³-hybridized carbons (Fsp3) is 0.333. The van der Waals surface area contributed by atoms with Gasteiger partial charge in [0.05, 0.1) is 6.54 Å². The predicted octanol–water partition coefficient (Wildman–Crippen LogP) is 1.71. The summed E-state index contributed by atoms with van der Waals surface area (Å²) in [5, 5.41) is 17.3. The number of alkyl halides is 3. The smallest absolute Gasteiger partial charge is 0.329 e. The van der Waals surface area contributed by atoms with Crippen LogP contribution in [-0.2, 0) is 18.5 Å². The van der Waals surface area contributed by atoms with Gasteiger partial charge in [0.15, 0.2) is 5.82 Å². The van der Waals surface area contributed by atoms with Gasteiger partial charge in [-0.05, 0) is 41.4 Å². The molecule has 0 aliphatic carbocycles. The monoisotopic (exact) mass is 394 g/mol. The first-order chi connectivity index (χ1) is 12.8. The highest BCUT2D eigenvalue weighted by molar-refractivity contribution is 6.21. The van der Waals surface area contributed by atoms with Gasteiger partial charge in [0, 0.05) is 24.2 Å². The molecule has 0 saturated heterocycles. The highest BCUT2D eigenvalue weighted by Gasteiger charge is 2.37. The molecule has 3 heterocycles. The number of carbonyl (C=O) groups excluding carboxylic acids is 1. The third-order valence-corrected chi connectivity index (χ3v) is 4.52. The van der Waals surface area contributed by atoms with Gasteiger partial charge in [-0.2, -0.15) is 14.0 Å². The molecule has 9 nitrogen and oxygen atoms in total. The number of halogens is 3. The molecular weight excluding hydrogens is 382 g/mol. The van der Waals surface area contributed by atoms with Crippen LogP contribution in [0.1, 0.15) is 27.6 Å². The minimum Gasteiger partial charge on any atom is -0.329 e. The normalized spacial score (nSPS) is 14.3. The van der Waals surface area contributed by atoms with E-state index in [1.165, 1.54) is 9.47 Å².